The molecule has 21 heavy (non-hydrogen) atoms. The number of hydrogen-bond acceptors (Lipinski definition) is 2. The molecule has 4 aromatic rings. The van der Waals surface area contributed by atoms with Crippen LogP contribution in [0.15, 0.2) is 71.5 Å². The standard InChI is InChI=1S/C18H12N2O/c21-18-15-7-3-4-8-16(15)19-17(20-18)14-10-9-12-5-1-2-6-13(12)11-14/h1-11H,(H,19,20,21). The van der Waals surface area contributed by atoms with Crippen LogP contribution in [-0.4, -0.2) is 9.97 Å². The van der Waals surface area contributed by atoms with Crippen molar-refractivity contribution in [1.82, 2.24) is 9.97 Å². The lowest BCUT2D eigenvalue weighted by Gasteiger charge is -2.05. The van der Waals surface area contributed by atoms with E-state index in [0.29, 0.717) is 16.7 Å². The SMILES string of the molecule is O=c1[nH]c(-c2ccc3ccccc3c2)nc2ccccc12. The van der Waals surface area contributed by atoms with Crippen LogP contribution in [-0.2, 0) is 0 Å². The quantitative estimate of drug-likeness (QED) is 0.573. The van der Waals surface area contributed by atoms with Gasteiger partial charge in [0, 0.05) is 5.56 Å². The summed E-state index contributed by atoms with van der Waals surface area (Å²) in [7, 11) is 0. The van der Waals surface area contributed by atoms with Crippen molar-refractivity contribution >= 4 is 21.7 Å². The molecule has 0 atom stereocenters. The van der Waals surface area contributed by atoms with Crippen molar-refractivity contribution in [3.8, 4) is 11.4 Å². The maximum absolute atomic E-state index is 12.1. The number of aromatic nitrogens is 2. The first-order valence-electron chi connectivity index (χ1n) is 6.79. The van der Waals surface area contributed by atoms with Gasteiger partial charge in [0.15, 0.2) is 0 Å². The molecular weight excluding hydrogens is 260 g/mol. The monoisotopic (exact) mass is 272 g/mol. The van der Waals surface area contributed by atoms with Gasteiger partial charge in [-0.05, 0) is 29.0 Å². The third-order valence-corrected chi connectivity index (χ3v) is 3.64. The number of H-pyrrole nitrogens is 1. The number of para-hydroxylation sites is 1. The van der Waals surface area contributed by atoms with Crippen LogP contribution in [0.4, 0.5) is 0 Å². The molecule has 0 aliphatic rings. The van der Waals surface area contributed by atoms with Gasteiger partial charge in [0.1, 0.15) is 5.82 Å². The van der Waals surface area contributed by atoms with Crippen LogP contribution in [0.25, 0.3) is 33.1 Å². The number of hydrogen-bond donors (Lipinski definition) is 1. The molecule has 3 nitrogen and oxygen atoms in total. The molecule has 0 spiro atoms. The van der Waals surface area contributed by atoms with Gasteiger partial charge in [-0.1, -0.05) is 48.5 Å². The Kier molecular flexibility index (Phi) is 2.57. The van der Waals surface area contributed by atoms with Gasteiger partial charge in [-0.15, -0.1) is 0 Å². The zero-order valence-electron chi connectivity index (χ0n) is 11.2. The minimum Gasteiger partial charge on any atom is -0.306 e. The fourth-order valence-electron chi connectivity index (χ4n) is 2.56. The van der Waals surface area contributed by atoms with Crippen molar-refractivity contribution in [2.45, 2.75) is 0 Å². The Bertz CT molecular complexity index is 1020. The highest BCUT2D eigenvalue weighted by molar-refractivity contribution is 5.87. The van der Waals surface area contributed by atoms with Crippen molar-refractivity contribution in [3.05, 3.63) is 77.1 Å². The minimum atomic E-state index is -0.108. The lowest BCUT2D eigenvalue weighted by atomic mass is 10.1. The summed E-state index contributed by atoms with van der Waals surface area (Å²) in [5, 5.41) is 2.91. The molecule has 4 rings (SSSR count). The third-order valence-electron chi connectivity index (χ3n) is 3.64. The third kappa shape index (κ3) is 1.99. The molecule has 3 aromatic carbocycles. The topological polar surface area (TPSA) is 45.8 Å². The smallest absolute Gasteiger partial charge is 0.259 e. The number of fused-ring (bicyclic) bond motifs is 2. The Hall–Kier alpha value is -2.94. The van der Waals surface area contributed by atoms with Gasteiger partial charge in [-0.2, -0.15) is 0 Å². The number of aromatic amines is 1. The number of benzene rings is 3. The van der Waals surface area contributed by atoms with Gasteiger partial charge < -0.3 is 4.98 Å². The van der Waals surface area contributed by atoms with E-state index in [1.54, 1.807) is 6.07 Å². The molecule has 0 fully saturated rings. The normalized spacial score (nSPS) is 11.0. The molecule has 0 unspecified atom stereocenters. The molecule has 100 valence electrons. The highest BCUT2D eigenvalue weighted by Crippen LogP contribution is 2.22. The number of nitrogens with one attached hydrogen (secondary N) is 1. The van der Waals surface area contributed by atoms with Crippen molar-refractivity contribution in [3.63, 3.8) is 0 Å². The Balaban J connectivity index is 1.97. The highest BCUT2D eigenvalue weighted by atomic mass is 16.1. The van der Waals surface area contributed by atoms with Crippen molar-refractivity contribution < 1.29 is 0 Å². The molecule has 3 heteroatoms. The van der Waals surface area contributed by atoms with E-state index < -0.39 is 0 Å². The Morgan fingerprint density at radius 1 is 0.810 bits per heavy atom. The first-order valence-corrected chi connectivity index (χ1v) is 6.79. The van der Waals surface area contributed by atoms with Crippen LogP contribution in [0.3, 0.4) is 0 Å². The van der Waals surface area contributed by atoms with Crippen LogP contribution >= 0.6 is 0 Å². The van der Waals surface area contributed by atoms with E-state index in [0.717, 1.165) is 10.9 Å². The summed E-state index contributed by atoms with van der Waals surface area (Å²) in [5.41, 5.74) is 1.52. The molecule has 0 aliphatic carbocycles. The van der Waals surface area contributed by atoms with E-state index in [1.807, 2.05) is 48.5 Å². The number of rotatable bonds is 1. The van der Waals surface area contributed by atoms with Crippen LogP contribution in [0, 0.1) is 0 Å². The second-order valence-corrected chi connectivity index (χ2v) is 4.99. The van der Waals surface area contributed by atoms with E-state index in [1.165, 1.54) is 5.39 Å². The summed E-state index contributed by atoms with van der Waals surface area (Å²) in [6.45, 7) is 0. The summed E-state index contributed by atoms with van der Waals surface area (Å²) in [6, 6.07) is 21.6. The lowest BCUT2D eigenvalue weighted by Crippen LogP contribution is -2.09. The van der Waals surface area contributed by atoms with Gasteiger partial charge >= 0.3 is 0 Å². The zero-order valence-corrected chi connectivity index (χ0v) is 11.2. The molecule has 0 radical (unpaired) electrons. The molecule has 1 aromatic heterocycles. The first-order chi connectivity index (χ1) is 10.3. The van der Waals surface area contributed by atoms with E-state index >= 15 is 0 Å². The second-order valence-electron chi connectivity index (χ2n) is 4.99. The maximum Gasteiger partial charge on any atom is 0.259 e. The molecular formula is C18H12N2O. The van der Waals surface area contributed by atoms with Crippen molar-refractivity contribution in [2.24, 2.45) is 0 Å². The van der Waals surface area contributed by atoms with E-state index in [2.05, 4.69) is 22.1 Å². The van der Waals surface area contributed by atoms with Crippen molar-refractivity contribution in [2.75, 3.05) is 0 Å². The number of nitrogens with zero attached hydrogens (tertiary/aromatic N) is 1. The minimum absolute atomic E-state index is 0.108. The largest absolute Gasteiger partial charge is 0.306 e. The zero-order chi connectivity index (χ0) is 14.2. The highest BCUT2D eigenvalue weighted by Gasteiger charge is 2.06. The molecule has 1 N–H and O–H groups in total. The van der Waals surface area contributed by atoms with Crippen LogP contribution in [0.1, 0.15) is 0 Å². The van der Waals surface area contributed by atoms with E-state index in [-0.39, 0.29) is 5.56 Å². The molecule has 1 heterocycles. The fourth-order valence-corrected chi connectivity index (χ4v) is 2.56. The van der Waals surface area contributed by atoms with Crippen LogP contribution < -0.4 is 5.56 Å². The predicted octanol–water partition coefficient (Wildman–Crippen LogP) is 3.74. The summed E-state index contributed by atoms with van der Waals surface area (Å²) in [5.74, 6) is 0.601. The Morgan fingerprint density at radius 3 is 2.48 bits per heavy atom. The fraction of sp³-hybridized carbons (Fsp3) is 0. The lowest BCUT2D eigenvalue weighted by molar-refractivity contribution is 1.18. The molecule has 0 aliphatic heterocycles. The summed E-state index contributed by atoms with van der Waals surface area (Å²) in [6.07, 6.45) is 0. The maximum atomic E-state index is 12.1. The predicted molar refractivity (Wildman–Crippen MR) is 85.3 cm³/mol. The second kappa shape index (κ2) is 4.56. The molecule has 0 saturated heterocycles. The average Bonchev–Trinajstić information content (AvgIpc) is 2.54. The summed E-state index contributed by atoms with van der Waals surface area (Å²) < 4.78 is 0. The van der Waals surface area contributed by atoms with E-state index in [9.17, 15) is 4.79 Å². The average molecular weight is 272 g/mol. The molecule has 0 saturated carbocycles. The van der Waals surface area contributed by atoms with Gasteiger partial charge in [-0.3, -0.25) is 4.79 Å². The molecule has 0 amide bonds. The van der Waals surface area contributed by atoms with Crippen LogP contribution in [0.2, 0.25) is 0 Å². The molecule has 0 bridgehead atoms. The van der Waals surface area contributed by atoms with Gasteiger partial charge in [0.2, 0.25) is 0 Å². The van der Waals surface area contributed by atoms with E-state index in [4.69, 9.17) is 0 Å². The summed E-state index contributed by atoms with van der Waals surface area (Å²) in [4.78, 5) is 19.6. The van der Waals surface area contributed by atoms with Crippen LogP contribution in [0.5, 0.6) is 0 Å². The van der Waals surface area contributed by atoms with Gasteiger partial charge in [0.25, 0.3) is 5.56 Å². The van der Waals surface area contributed by atoms with Gasteiger partial charge in [0.05, 0.1) is 10.9 Å². The van der Waals surface area contributed by atoms with Crippen molar-refractivity contribution in [1.29, 1.82) is 0 Å². The Labute approximate surface area is 120 Å². The first kappa shape index (κ1) is 11.9. The van der Waals surface area contributed by atoms with Gasteiger partial charge in [-0.25, -0.2) is 4.98 Å². The Morgan fingerprint density at radius 2 is 1.57 bits per heavy atom. The summed E-state index contributed by atoms with van der Waals surface area (Å²) >= 11 is 0.